The summed E-state index contributed by atoms with van der Waals surface area (Å²) in [5.74, 6) is -0.195. The molecule has 0 saturated heterocycles. The number of rotatable bonds is 11. The molecule has 0 fully saturated rings. The third-order valence-corrected chi connectivity index (χ3v) is 7.31. The Morgan fingerprint density at radius 1 is 0.707 bits per heavy atom. The smallest absolute Gasteiger partial charge is 0.254 e. The minimum absolute atomic E-state index is 0.0637. The van der Waals surface area contributed by atoms with Gasteiger partial charge in [0.2, 0.25) is 0 Å². The molecule has 3 aromatic rings. The first kappa shape index (κ1) is 32.0. The molecule has 1 atom stereocenters. The maximum Gasteiger partial charge on any atom is 0.254 e. The maximum absolute atomic E-state index is 13.9. The molecule has 0 aromatic heterocycles. The number of benzene rings is 3. The van der Waals surface area contributed by atoms with E-state index in [1.807, 2.05) is 125 Å². The molecule has 0 spiro atoms. The Morgan fingerprint density at radius 3 is 1.76 bits per heavy atom. The Kier molecular flexibility index (Phi) is 10.9. The molecular formula is C35H46N2O4. The highest BCUT2D eigenvalue weighted by Crippen LogP contribution is 2.25. The lowest BCUT2D eigenvalue weighted by Gasteiger charge is -2.36. The summed E-state index contributed by atoms with van der Waals surface area (Å²) in [6.07, 6.45) is 0.591. The summed E-state index contributed by atoms with van der Waals surface area (Å²) in [5.41, 5.74) is 3.06. The van der Waals surface area contributed by atoms with Crippen LogP contribution in [0.15, 0.2) is 78.9 Å². The van der Waals surface area contributed by atoms with Crippen molar-refractivity contribution in [2.24, 2.45) is 0 Å². The number of aliphatic hydroxyl groups excluding tert-OH is 2. The van der Waals surface area contributed by atoms with Crippen molar-refractivity contribution in [3.8, 4) is 0 Å². The largest absolute Gasteiger partial charge is 0.395 e. The zero-order valence-electron chi connectivity index (χ0n) is 25.4. The van der Waals surface area contributed by atoms with Crippen molar-refractivity contribution in [3.05, 3.63) is 107 Å². The first-order valence-electron chi connectivity index (χ1n) is 14.5. The monoisotopic (exact) mass is 558 g/mol. The molecule has 0 heterocycles. The minimum Gasteiger partial charge on any atom is -0.395 e. The van der Waals surface area contributed by atoms with E-state index in [0.717, 1.165) is 16.7 Å². The summed E-state index contributed by atoms with van der Waals surface area (Å²) < 4.78 is 0. The van der Waals surface area contributed by atoms with Crippen LogP contribution in [0, 0.1) is 0 Å². The van der Waals surface area contributed by atoms with Crippen LogP contribution >= 0.6 is 0 Å². The number of nitrogens with zero attached hydrogens (tertiary/aromatic N) is 2. The number of amides is 2. The Labute approximate surface area is 245 Å². The molecule has 220 valence electrons. The van der Waals surface area contributed by atoms with Gasteiger partial charge >= 0.3 is 0 Å². The highest BCUT2D eigenvalue weighted by Gasteiger charge is 2.30. The normalized spacial score (nSPS) is 12.6. The SMILES string of the molecule is CC(C)(C)N(CCO)C(=O)c1ccccc1CCC(O)Cc1ccccc1C(=O)N(Cc1ccccc1)C(C)(C)C. The van der Waals surface area contributed by atoms with Crippen molar-refractivity contribution in [2.45, 2.75) is 84.5 Å². The molecule has 0 bridgehead atoms. The van der Waals surface area contributed by atoms with Crippen LogP contribution in [0.1, 0.15) is 85.4 Å². The van der Waals surface area contributed by atoms with Crippen molar-refractivity contribution in [1.82, 2.24) is 9.80 Å². The van der Waals surface area contributed by atoms with Gasteiger partial charge in [0, 0.05) is 35.3 Å². The van der Waals surface area contributed by atoms with Crippen LogP contribution in [0.4, 0.5) is 0 Å². The second-order valence-electron chi connectivity index (χ2n) is 12.6. The summed E-state index contributed by atoms with van der Waals surface area (Å²) in [4.78, 5) is 30.9. The number of hydrogen-bond acceptors (Lipinski definition) is 4. The van der Waals surface area contributed by atoms with Crippen molar-refractivity contribution in [3.63, 3.8) is 0 Å². The topological polar surface area (TPSA) is 81.1 Å². The lowest BCUT2D eigenvalue weighted by Crippen LogP contribution is -2.47. The molecule has 6 heteroatoms. The van der Waals surface area contributed by atoms with E-state index >= 15 is 0 Å². The predicted octanol–water partition coefficient (Wildman–Crippen LogP) is 5.90. The van der Waals surface area contributed by atoms with Crippen molar-refractivity contribution in [1.29, 1.82) is 0 Å². The average Bonchev–Trinajstić information content (AvgIpc) is 2.92. The molecular weight excluding hydrogens is 512 g/mol. The summed E-state index contributed by atoms with van der Waals surface area (Å²) in [7, 11) is 0. The van der Waals surface area contributed by atoms with Crippen LogP contribution in [0.5, 0.6) is 0 Å². The molecule has 0 radical (unpaired) electrons. The van der Waals surface area contributed by atoms with Gasteiger partial charge in [-0.15, -0.1) is 0 Å². The number of hydrogen-bond donors (Lipinski definition) is 2. The van der Waals surface area contributed by atoms with Gasteiger partial charge in [0.05, 0.1) is 12.7 Å². The zero-order valence-corrected chi connectivity index (χ0v) is 25.4. The predicted molar refractivity (Wildman–Crippen MR) is 165 cm³/mol. The second-order valence-corrected chi connectivity index (χ2v) is 12.6. The molecule has 3 rings (SSSR count). The molecule has 0 saturated carbocycles. The number of aliphatic hydroxyl groups is 2. The quantitative estimate of drug-likeness (QED) is 0.307. The zero-order chi connectivity index (χ0) is 30.2. The third kappa shape index (κ3) is 8.75. The van der Waals surface area contributed by atoms with Crippen molar-refractivity contribution < 1.29 is 19.8 Å². The molecule has 41 heavy (non-hydrogen) atoms. The average molecular weight is 559 g/mol. The fourth-order valence-electron chi connectivity index (χ4n) is 5.04. The number of β-amino-alcohol motifs (C(OH)–C–C–N with tert-alkyl or cyclic N) is 1. The van der Waals surface area contributed by atoms with E-state index in [1.54, 1.807) is 4.90 Å². The molecule has 0 aliphatic carbocycles. The van der Waals surface area contributed by atoms with Gasteiger partial charge in [-0.25, -0.2) is 0 Å². The molecule has 3 aromatic carbocycles. The summed E-state index contributed by atoms with van der Waals surface area (Å²) >= 11 is 0. The van der Waals surface area contributed by atoms with Gasteiger partial charge in [-0.05, 0) is 89.6 Å². The van der Waals surface area contributed by atoms with Gasteiger partial charge in [0.25, 0.3) is 11.8 Å². The number of carbonyl (C=O) groups excluding carboxylic acids is 2. The molecule has 1 unspecified atom stereocenters. The van der Waals surface area contributed by atoms with Gasteiger partial charge in [-0.2, -0.15) is 0 Å². The van der Waals surface area contributed by atoms with E-state index in [0.29, 0.717) is 36.9 Å². The van der Waals surface area contributed by atoms with E-state index < -0.39 is 17.2 Å². The summed E-state index contributed by atoms with van der Waals surface area (Å²) in [5, 5.41) is 20.6. The van der Waals surface area contributed by atoms with Gasteiger partial charge in [-0.1, -0.05) is 66.7 Å². The lowest BCUT2D eigenvalue weighted by atomic mass is 9.94. The Balaban J connectivity index is 1.77. The van der Waals surface area contributed by atoms with Crippen LogP contribution < -0.4 is 0 Å². The molecule has 6 nitrogen and oxygen atoms in total. The Morgan fingerprint density at radius 2 is 1.20 bits per heavy atom. The van der Waals surface area contributed by atoms with Gasteiger partial charge in [0.15, 0.2) is 0 Å². The number of carbonyl (C=O) groups is 2. The highest BCUT2D eigenvalue weighted by molar-refractivity contribution is 5.96. The van der Waals surface area contributed by atoms with E-state index in [-0.39, 0.29) is 25.0 Å². The van der Waals surface area contributed by atoms with E-state index in [1.165, 1.54) is 0 Å². The van der Waals surface area contributed by atoms with Gasteiger partial charge < -0.3 is 20.0 Å². The molecule has 0 aliphatic heterocycles. The molecule has 2 N–H and O–H groups in total. The summed E-state index contributed by atoms with van der Waals surface area (Å²) in [6.45, 7) is 12.6. The Hall–Kier alpha value is -3.48. The van der Waals surface area contributed by atoms with Crippen molar-refractivity contribution >= 4 is 11.8 Å². The van der Waals surface area contributed by atoms with Crippen LogP contribution in [0.25, 0.3) is 0 Å². The maximum atomic E-state index is 13.9. The van der Waals surface area contributed by atoms with E-state index in [9.17, 15) is 19.8 Å². The Bertz CT molecular complexity index is 1290. The second kappa shape index (κ2) is 13.9. The number of aryl methyl sites for hydroxylation is 1. The van der Waals surface area contributed by atoms with E-state index in [2.05, 4.69) is 0 Å². The van der Waals surface area contributed by atoms with Crippen LogP contribution in [0.2, 0.25) is 0 Å². The fraction of sp³-hybridized carbons (Fsp3) is 0.429. The minimum atomic E-state index is -0.694. The standard InChI is InChI=1S/C35H46N2O4/c1-34(2,3)36(22-23-38)32(40)30-18-12-10-16-27(30)20-21-29(39)24-28-17-11-13-19-31(28)33(41)37(35(4,5)6)25-26-14-8-7-9-15-26/h7-19,29,38-39H,20-25H2,1-6H3. The summed E-state index contributed by atoms with van der Waals surface area (Å²) in [6, 6.07) is 24.9. The molecule has 0 aliphatic rings. The first-order valence-corrected chi connectivity index (χ1v) is 14.5. The van der Waals surface area contributed by atoms with Crippen molar-refractivity contribution in [2.75, 3.05) is 13.2 Å². The fourth-order valence-corrected chi connectivity index (χ4v) is 5.04. The lowest BCUT2D eigenvalue weighted by molar-refractivity contribution is 0.0523. The molecule has 2 amide bonds. The third-order valence-electron chi connectivity index (χ3n) is 7.31. The highest BCUT2D eigenvalue weighted by atomic mass is 16.3. The van der Waals surface area contributed by atoms with Crippen LogP contribution in [-0.4, -0.2) is 62.2 Å². The van der Waals surface area contributed by atoms with Gasteiger partial charge in [0.1, 0.15) is 0 Å². The van der Waals surface area contributed by atoms with Gasteiger partial charge in [-0.3, -0.25) is 9.59 Å². The first-order chi connectivity index (χ1) is 19.3. The van der Waals surface area contributed by atoms with E-state index in [4.69, 9.17) is 0 Å². The van der Waals surface area contributed by atoms with Crippen LogP contribution in [0.3, 0.4) is 0 Å². The van der Waals surface area contributed by atoms with Crippen LogP contribution in [-0.2, 0) is 19.4 Å².